The molecule has 0 unspecified atom stereocenters. The molecular formula is C15H24N4O2. The van der Waals surface area contributed by atoms with Crippen molar-refractivity contribution >= 4 is 11.9 Å². The third-order valence-corrected chi connectivity index (χ3v) is 3.37. The molecule has 2 N–H and O–H groups in total. The number of aryl methyl sites for hydroxylation is 1. The van der Waals surface area contributed by atoms with E-state index in [-0.39, 0.29) is 12.0 Å². The van der Waals surface area contributed by atoms with Gasteiger partial charge >= 0.3 is 6.09 Å². The van der Waals surface area contributed by atoms with Crippen LogP contribution in [0.2, 0.25) is 0 Å². The Hall–Kier alpha value is -1.85. The lowest BCUT2D eigenvalue weighted by molar-refractivity contribution is 0.0197. The maximum Gasteiger partial charge on any atom is 0.410 e. The first kappa shape index (κ1) is 15.5. The maximum atomic E-state index is 12.2. The summed E-state index contributed by atoms with van der Waals surface area (Å²) in [6.45, 7) is 8.80. The van der Waals surface area contributed by atoms with Gasteiger partial charge in [-0.3, -0.25) is 0 Å². The van der Waals surface area contributed by atoms with E-state index in [4.69, 9.17) is 10.5 Å². The summed E-state index contributed by atoms with van der Waals surface area (Å²) in [6, 6.07) is 1.80. The minimum atomic E-state index is -0.472. The summed E-state index contributed by atoms with van der Waals surface area (Å²) in [4.78, 5) is 22.5. The van der Waals surface area contributed by atoms with Gasteiger partial charge in [-0.2, -0.15) is 0 Å². The fraction of sp³-hybridized carbons (Fsp3) is 0.667. The first-order valence-corrected chi connectivity index (χ1v) is 7.33. The number of likely N-dealkylation sites (tertiary alicyclic amines) is 1. The average Bonchev–Trinajstić information content (AvgIpc) is 2.36. The van der Waals surface area contributed by atoms with Gasteiger partial charge in [0.15, 0.2) is 0 Å². The predicted molar refractivity (Wildman–Crippen MR) is 81.0 cm³/mol. The number of hydrogen-bond donors (Lipinski definition) is 1. The average molecular weight is 292 g/mol. The van der Waals surface area contributed by atoms with Crippen LogP contribution in [0.3, 0.4) is 0 Å². The van der Waals surface area contributed by atoms with Gasteiger partial charge in [0.2, 0.25) is 0 Å². The van der Waals surface area contributed by atoms with Crippen LogP contribution in [0.1, 0.15) is 51.0 Å². The summed E-state index contributed by atoms with van der Waals surface area (Å²) in [7, 11) is 0. The number of nitrogen functional groups attached to an aromatic ring is 1. The molecule has 1 atom stereocenters. The Morgan fingerprint density at radius 3 is 2.76 bits per heavy atom. The van der Waals surface area contributed by atoms with E-state index in [1.807, 2.05) is 27.7 Å². The molecule has 6 nitrogen and oxygen atoms in total. The minimum Gasteiger partial charge on any atom is -0.444 e. The molecule has 2 rings (SSSR count). The molecule has 21 heavy (non-hydrogen) atoms. The van der Waals surface area contributed by atoms with Crippen LogP contribution in [0.15, 0.2) is 6.07 Å². The van der Waals surface area contributed by atoms with E-state index < -0.39 is 5.60 Å². The number of carbonyl (C=O) groups excluding carboxylic acids is 1. The van der Waals surface area contributed by atoms with Crippen molar-refractivity contribution in [3.63, 3.8) is 0 Å². The van der Waals surface area contributed by atoms with Crippen LogP contribution in [0.5, 0.6) is 0 Å². The van der Waals surface area contributed by atoms with Crippen molar-refractivity contribution in [2.24, 2.45) is 0 Å². The number of rotatable bonds is 1. The number of carbonyl (C=O) groups is 1. The summed E-state index contributed by atoms with van der Waals surface area (Å²) in [6.07, 6.45) is 1.67. The van der Waals surface area contributed by atoms with Gasteiger partial charge in [0.1, 0.15) is 17.2 Å². The molecule has 1 aliphatic heterocycles. The zero-order chi connectivity index (χ0) is 15.6. The molecule has 1 amide bonds. The smallest absolute Gasteiger partial charge is 0.410 e. The summed E-state index contributed by atoms with van der Waals surface area (Å²) >= 11 is 0. The van der Waals surface area contributed by atoms with E-state index >= 15 is 0 Å². The lowest BCUT2D eigenvalue weighted by Crippen LogP contribution is -2.42. The molecule has 1 aliphatic rings. The molecule has 0 radical (unpaired) electrons. The molecule has 6 heteroatoms. The first-order chi connectivity index (χ1) is 9.74. The molecule has 1 aromatic heterocycles. The number of nitrogens with zero attached hydrogens (tertiary/aromatic N) is 3. The second-order valence-electron chi connectivity index (χ2n) is 6.53. The molecule has 1 aromatic rings. The van der Waals surface area contributed by atoms with Gasteiger partial charge in [0, 0.05) is 25.1 Å². The summed E-state index contributed by atoms with van der Waals surface area (Å²) in [5, 5.41) is 0. The lowest BCUT2D eigenvalue weighted by atomic mass is 9.94. The SMILES string of the molecule is Cc1nc(N)cc([C@@H]2CCCN(C(=O)OC(C)(C)C)C2)n1. The number of aromatic nitrogens is 2. The van der Waals surface area contributed by atoms with Crippen molar-refractivity contribution < 1.29 is 9.53 Å². The molecule has 0 saturated carbocycles. The number of nitrogens with two attached hydrogens (primary N) is 1. The van der Waals surface area contributed by atoms with Gasteiger partial charge in [-0.25, -0.2) is 14.8 Å². The highest BCUT2D eigenvalue weighted by Gasteiger charge is 2.29. The van der Waals surface area contributed by atoms with Crippen molar-refractivity contribution in [2.75, 3.05) is 18.8 Å². The number of amides is 1. The monoisotopic (exact) mass is 292 g/mol. The first-order valence-electron chi connectivity index (χ1n) is 7.33. The second-order valence-corrected chi connectivity index (χ2v) is 6.53. The van der Waals surface area contributed by atoms with Gasteiger partial charge in [0.05, 0.1) is 5.69 Å². The molecule has 0 bridgehead atoms. The van der Waals surface area contributed by atoms with E-state index in [2.05, 4.69) is 9.97 Å². The lowest BCUT2D eigenvalue weighted by Gasteiger charge is -2.34. The van der Waals surface area contributed by atoms with Crippen molar-refractivity contribution in [3.8, 4) is 0 Å². The normalized spacial score (nSPS) is 19.4. The van der Waals surface area contributed by atoms with Crippen LogP contribution in [0.25, 0.3) is 0 Å². The molecule has 116 valence electrons. The van der Waals surface area contributed by atoms with Crippen molar-refractivity contribution in [1.29, 1.82) is 0 Å². The van der Waals surface area contributed by atoms with Crippen LogP contribution < -0.4 is 5.73 Å². The van der Waals surface area contributed by atoms with Crippen molar-refractivity contribution in [1.82, 2.24) is 14.9 Å². The summed E-state index contributed by atoms with van der Waals surface area (Å²) in [5.74, 6) is 1.33. The van der Waals surface area contributed by atoms with E-state index in [0.29, 0.717) is 18.2 Å². The zero-order valence-electron chi connectivity index (χ0n) is 13.2. The topological polar surface area (TPSA) is 81.3 Å². The van der Waals surface area contributed by atoms with Crippen LogP contribution >= 0.6 is 0 Å². The standard InChI is InChI=1S/C15H24N4O2/c1-10-17-12(8-13(16)18-10)11-6-5-7-19(9-11)14(20)21-15(2,3)4/h8,11H,5-7,9H2,1-4H3,(H2,16,17,18)/t11-/m1/s1. The molecule has 1 saturated heterocycles. The molecule has 0 aliphatic carbocycles. The quantitative estimate of drug-likeness (QED) is 0.860. The fourth-order valence-corrected chi connectivity index (χ4v) is 2.53. The number of ether oxygens (including phenoxy) is 1. The van der Waals surface area contributed by atoms with Crippen LogP contribution in [-0.4, -0.2) is 39.7 Å². The third kappa shape index (κ3) is 4.31. The highest BCUT2D eigenvalue weighted by molar-refractivity contribution is 5.68. The Morgan fingerprint density at radius 2 is 2.14 bits per heavy atom. The van der Waals surface area contributed by atoms with Gasteiger partial charge in [0.25, 0.3) is 0 Å². The van der Waals surface area contributed by atoms with Crippen molar-refractivity contribution in [2.45, 2.75) is 52.1 Å². The zero-order valence-corrected chi connectivity index (χ0v) is 13.2. The predicted octanol–water partition coefficient (Wildman–Crippen LogP) is 2.48. The molecule has 0 aromatic carbocycles. The van der Waals surface area contributed by atoms with E-state index in [9.17, 15) is 4.79 Å². The van der Waals surface area contributed by atoms with Gasteiger partial charge in [-0.15, -0.1) is 0 Å². The Bertz CT molecular complexity index is 505. The van der Waals surface area contributed by atoms with Gasteiger partial charge < -0.3 is 15.4 Å². The van der Waals surface area contributed by atoms with Crippen LogP contribution in [-0.2, 0) is 4.74 Å². The second kappa shape index (κ2) is 5.87. The fourth-order valence-electron chi connectivity index (χ4n) is 2.53. The van der Waals surface area contributed by atoms with Gasteiger partial charge in [-0.1, -0.05) is 0 Å². The van der Waals surface area contributed by atoms with E-state index in [0.717, 1.165) is 25.1 Å². The van der Waals surface area contributed by atoms with E-state index in [1.165, 1.54) is 0 Å². The Morgan fingerprint density at radius 1 is 1.43 bits per heavy atom. The molecule has 2 heterocycles. The maximum absolute atomic E-state index is 12.2. The minimum absolute atomic E-state index is 0.190. The highest BCUT2D eigenvalue weighted by Crippen LogP contribution is 2.27. The molecule has 0 spiro atoms. The van der Waals surface area contributed by atoms with Crippen LogP contribution in [0.4, 0.5) is 10.6 Å². The van der Waals surface area contributed by atoms with Crippen molar-refractivity contribution in [3.05, 3.63) is 17.6 Å². The summed E-state index contributed by atoms with van der Waals surface area (Å²) in [5.41, 5.74) is 6.23. The number of hydrogen-bond acceptors (Lipinski definition) is 5. The van der Waals surface area contributed by atoms with Crippen LogP contribution in [0, 0.1) is 6.92 Å². The van der Waals surface area contributed by atoms with E-state index in [1.54, 1.807) is 11.0 Å². The third-order valence-electron chi connectivity index (χ3n) is 3.37. The Balaban J connectivity index is 2.08. The molecule has 1 fully saturated rings. The Kier molecular flexibility index (Phi) is 4.34. The Labute approximate surface area is 125 Å². The number of piperidine rings is 1. The highest BCUT2D eigenvalue weighted by atomic mass is 16.6. The molecular weight excluding hydrogens is 268 g/mol. The summed E-state index contributed by atoms with van der Waals surface area (Å²) < 4.78 is 5.44. The van der Waals surface area contributed by atoms with Gasteiger partial charge in [-0.05, 0) is 40.5 Å². The number of anilines is 1. The largest absolute Gasteiger partial charge is 0.444 e.